The first kappa shape index (κ1) is 6.51. The van der Waals surface area contributed by atoms with E-state index in [4.69, 9.17) is 29.1 Å². The molecule has 0 aromatic rings. The van der Waals surface area contributed by atoms with Crippen molar-refractivity contribution in [3.05, 3.63) is 10.9 Å². The highest BCUT2D eigenvalue weighted by atomic mass is 35.5. The first-order chi connectivity index (χ1) is 4.22. The predicted octanol–water partition coefficient (Wildman–Crippen LogP) is 0.313. The molecular formula is C3H4Cl2N4. The lowest BCUT2D eigenvalue weighted by molar-refractivity contribution is 0.412. The van der Waals surface area contributed by atoms with Crippen LogP contribution < -0.4 is 11.3 Å². The van der Waals surface area contributed by atoms with Crippen LogP contribution in [0.25, 0.3) is 0 Å². The summed E-state index contributed by atoms with van der Waals surface area (Å²) in [6.45, 7) is 0. The van der Waals surface area contributed by atoms with Gasteiger partial charge < -0.3 is 5.73 Å². The molecule has 0 aliphatic carbocycles. The molecule has 4 nitrogen and oxygen atoms in total. The van der Waals surface area contributed by atoms with Crippen molar-refractivity contribution < 1.29 is 0 Å². The highest BCUT2D eigenvalue weighted by molar-refractivity contribution is 6.40. The Morgan fingerprint density at radius 3 is 2.89 bits per heavy atom. The number of nitrogens with one attached hydrogen (secondary N) is 1. The maximum atomic E-state index is 5.50. The summed E-state index contributed by atoms with van der Waals surface area (Å²) in [6.07, 6.45) is 1.37. The van der Waals surface area contributed by atoms with E-state index >= 15 is 0 Å². The van der Waals surface area contributed by atoms with Crippen LogP contribution in [0.15, 0.2) is 16.0 Å². The van der Waals surface area contributed by atoms with E-state index in [1.165, 1.54) is 6.21 Å². The number of allylic oxidation sites excluding steroid dienone is 1. The van der Waals surface area contributed by atoms with E-state index < -0.39 is 0 Å². The van der Waals surface area contributed by atoms with E-state index in [0.29, 0.717) is 5.03 Å². The average molecular weight is 167 g/mol. The Morgan fingerprint density at radius 2 is 2.44 bits per heavy atom. The van der Waals surface area contributed by atoms with Gasteiger partial charge in [0.1, 0.15) is 5.03 Å². The molecule has 0 spiro atoms. The minimum atomic E-state index is 0.244. The van der Waals surface area contributed by atoms with Gasteiger partial charge in [0.2, 0.25) is 0 Å². The van der Waals surface area contributed by atoms with E-state index in [1.807, 2.05) is 0 Å². The molecule has 0 fully saturated rings. The molecule has 0 aromatic heterocycles. The third kappa shape index (κ3) is 1.20. The maximum Gasteiger partial charge on any atom is 0.158 e. The minimum absolute atomic E-state index is 0.244. The Kier molecular flexibility index (Phi) is 1.68. The second-order valence-electron chi connectivity index (χ2n) is 1.37. The number of halogens is 2. The largest absolute Gasteiger partial charge is 0.382 e. The SMILES string of the molecule is NC1=C(Cl)C=NNN1Cl. The standard InChI is InChI=1S/C3H4Cl2N4/c4-2-1-7-8-9(5)3(2)6/h1,8H,6H2. The molecule has 50 valence electrons. The number of hydrazine groups is 1. The van der Waals surface area contributed by atoms with Crippen molar-refractivity contribution in [1.82, 2.24) is 10.1 Å². The zero-order valence-corrected chi connectivity index (χ0v) is 5.82. The third-order valence-corrected chi connectivity index (χ3v) is 1.33. The van der Waals surface area contributed by atoms with Crippen LogP contribution in [0.2, 0.25) is 0 Å². The zero-order valence-electron chi connectivity index (χ0n) is 4.31. The van der Waals surface area contributed by atoms with Crippen molar-refractivity contribution >= 4 is 29.6 Å². The molecule has 0 unspecified atom stereocenters. The van der Waals surface area contributed by atoms with E-state index in [-0.39, 0.29) is 5.82 Å². The number of nitrogens with two attached hydrogens (primary N) is 1. The summed E-state index contributed by atoms with van der Waals surface area (Å²) in [7, 11) is 0. The fraction of sp³-hybridized carbons (Fsp3) is 0. The van der Waals surface area contributed by atoms with Gasteiger partial charge in [-0.15, -0.1) is 0 Å². The minimum Gasteiger partial charge on any atom is -0.382 e. The summed E-state index contributed by atoms with van der Waals surface area (Å²) in [5.41, 5.74) is 7.67. The van der Waals surface area contributed by atoms with Crippen molar-refractivity contribution in [2.45, 2.75) is 0 Å². The molecule has 0 saturated heterocycles. The van der Waals surface area contributed by atoms with Gasteiger partial charge in [0.05, 0.1) is 6.21 Å². The van der Waals surface area contributed by atoms with Gasteiger partial charge in [-0.05, 0) is 0 Å². The van der Waals surface area contributed by atoms with Gasteiger partial charge in [0.15, 0.2) is 5.82 Å². The van der Waals surface area contributed by atoms with E-state index in [1.54, 1.807) is 0 Å². The summed E-state index contributed by atoms with van der Waals surface area (Å²) in [6, 6.07) is 0. The topological polar surface area (TPSA) is 53.6 Å². The first-order valence-corrected chi connectivity index (χ1v) is 2.83. The van der Waals surface area contributed by atoms with Gasteiger partial charge in [-0.3, -0.25) is 0 Å². The summed E-state index contributed by atoms with van der Waals surface area (Å²) in [5, 5.41) is 3.86. The van der Waals surface area contributed by atoms with Crippen LogP contribution in [0.3, 0.4) is 0 Å². The van der Waals surface area contributed by atoms with Crippen molar-refractivity contribution in [2.24, 2.45) is 10.8 Å². The molecule has 0 radical (unpaired) electrons. The number of hydrogen-bond donors (Lipinski definition) is 2. The van der Waals surface area contributed by atoms with Crippen LogP contribution in [0.1, 0.15) is 0 Å². The molecule has 0 bridgehead atoms. The van der Waals surface area contributed by atoms with Crippen molar-refractivity contribution in [1.29, 1.82) is 0 Å². The Morgan fingerprint density at radius 1 is 1.78 bits per heavy atom. The zero-order chi connectivity index (χ0) is 6.85. The van der Waals surface area contributed by atoms with Crippen LogP contribution >= 0.6 is 23.4 Å². The van der Waals surface area contributed by atoms with Gasteiger partial charge >= 0.3 is 0 Å². The van der Waals surface area contributed by atoms with Gasteiger partial charge in [-0.25, -0.2) is 5.53 Å². The maximum absolute atomic E-state index is 5.50. The molecule has 3 N–H and O–H groups in total. The number of rotatable bonds is 0. The van der Waals surface area contributed by atoms with Gasteiger partial charge in [0, 0.05) is 11.8 Å². The van der Waals surface area contributed by atoms with Crippen LogP contribution in [-0.4, -0.2) is 10.7 Å². The van der Waals surface area contributed by atoms with Crippen molar-refractivity contribution in [2.75, 3.05) is 0 Å². The first-order valence-electron chi connectivity index (χ1n) is 2.11. The Hall–Kier alpha value is -0.610. The molecule has 0 atom stereocenters. The highest BCUT2D eigenvalue weighted by Crippen LogP contribution is 2.10. The molecule has 0 saturated carbocycles. The Bertz CT molecular complexity index is 175. The second kappa shape index (κ2) is 2.33. The van der Waals surface area contributed by atoms with Gasteiger partial charge in [-0.2, -0.15) is 9.63 Å². The van der Waals surface area contributed by atoms with Gasteiger partial charge in [0.25, 0.3) is 0 Å². The van der Waals surface area contributed by atoms with Crippen LogP contribution in [0, 0.1) is 0 Å². The molecular weight excluding hydrogens is 163 g/mol. The molecule has 6 heteroatoms. The lowest BCUT2D eigenvalue weighted by Gasteiger charge is -2.17. The number of nitrogens with zero attached hydrogens (tertiary/aromatic N) is 2. The fourth-order valence-corrected chi connectivity index (χ4v) is 0.661. The molecule has 0 amide bonds. The molecule has 1 heterocycles. The molecule has 9 heavy (non-hydrogen) atoms. The number of hydrogen-bond acceptors (Lipinski definition) is 4. The molecule has 1 rings (SSSR count). The average Bonchev–Trinajstić information content (AvgIpc) is 1.83. The lowest BCUT2D eigenvalue weighted by atomic mass is 10.6. The van der Waals surface area contributed by atoms with Crippen molar-refractivity contribution in [3.63, 3.8) is 0 Å². The molecule has 1 aliphatic heterocycles. The van der Waals surface area contributed by atoms with Crippen LogP contribution in [0.4, 0.5) is 0 Å². The predicted molar refractivity (Wildman–Crippen MR) is 36.4 cm³/mol. The number of hydrazone groups is 1. The smallest absolute Gasteiger partial charge is 0.158 e. The summed E-state index contributed by atoms with van der Waals surface area (Å²) in [4.78, 5) is 0. The van der Waals surface area contributed by atoms with E-state index in [0.717, 1.165) is 4.53 Å². The quantitative estimate of drug-likeness (QED) is 0.510. The molecule has 0 aromatic carbocycles. The molecule has 1 aliphatic rings. The van der Waals surface area contributed by atoms with Crippen molar-refractivity contribution in [3.8, 4) is 0 Å². The summed E-state index contributed by atoms with van der Waals surface area (Å²) < 4.78 is 1.00. The van der Waals surface area contributed by atoms with Crippen LogP contribution in [0.5, 0.6) is 0 Å². The fourth-order valence-electron chi connectivity index (χ4n) is 0.350. The monoisotopic (exact) mass is 166 g/mol. The van der Waals surface area contributed by atoms with E-state index in [9.17, 15) is 0 Å². The normalized spacial score (nSPS) is 18.2. The summed E-state index contributed by atoms with van der Waals surface area (Å²) >= 11 is 10.9. The van der Waals surface area contributed by atoms with Crippen LogP contribution in [-0.2, 0) is 0 Å². The highest BCUT2D eigenvalue weighted by Gasteiger charge is 2.08. The summed E-state index contributed by atoms with van der Waals surface area (Å²) in [5.74, 6) is 0.244. The third-order valence-electron chi connectivity index (χ3n) is 0.780. The lowest BCUT2D eigenvalue weighted by Crippen LogP contribution is -2.32. The Labute approximate surface area is 62.0 Å². The van der Waals surface area contributed by atoms with E-state index in [2.05, 4.69) is 10.6 Å². The van der Waals surface area contributed by atoms with Gasteiger partial charge in [-0.1, -0.05) is 11.6 Å². The second-order valence-corrected chi connectivity index (χ2v) is 2.12. The Balaban J connectivity index is 2.83.